The van der Waals surface area contributed by atoms with Crippen LogP contribution < -0.4 is 0 Å². The van der Waals surface area contributed by atoms with Crippen LogP contribution in [-0.2, 0) is 9.53 Å². The minimum absolute atomic E-state index is 0.205. The number of hydrogen-bond acceptors (Lipinski definition) is 4. The first kappa shape index (κ1) is 13.2. The Morgan fingerprint density at radius 3 is 2.14 bits per heavy atom. The molecule has 1 saturated heterocycles. The van der Waals surface area contributed by atoms with Crippen molar-refractivity contribution in [3.05, 3.63) is 0 Å². The summed E-state index contributed by atoms with van der Waals surface area (Å²) >= 11 is 4.19. The fraction of sp³-hybridized carbons (Fsp3) is 0.714. The third-order valence-electron chi connectivity index (χ3n) is 1.50. The van der Waals surface area contributed by atoms with E-state index in [2.05, 4.69) is 11.6 Å². The van der Waals surface area contributed by atoms with Crippen LogP contribution >= 0.6 is 11.6 Å². The molecular formula is C7H12ClNO5. The number of ether oxygens (including phenoxy) is 1. The summed E-state index contributed by atoms with van der Waals surface area (Å²) < 4.78 is 5.02. The van der Waals surface area contributed by atoms with E-state index in [1.807, 2.05) is 0 Å². The van der Waals surface area contributed by atoms with Gasteiger partial charge in [0.1, 0.15) is 6.61 Å². The van der Waals surface area contributed by atoms with Crippen molar-refractivity contribution in [1.82, 2.24) is 4.90 Å². The molecule has 2 N–H and O–H groups in total. The van der Waals surface area contributed by atoms with Crippen molar-refractivity contribution < 1.29 is 24.5 Å². The predicted molar refractivity (Wildman–Crippen MR) is 48.4 cm³/mol. The molecule has 0 saturated carbocycles. The van der Waals surface area contributed by atoms with Crippen molar-refractivity contribution in [3.63, 3.8) is 0 Å². The van der Waals surface area contributed by atoms with Crippen molar-refractivity contribution in [2.24, 2.45) is 0 Å². The van der Waals surface area contributed by atoms with Gasteiger partial charge in [0.2, 0.25) is 5.91 Å². The fourth-order valence-corrected chi connectivity index (χ4v) is 0.913. The fourth-order valence-electron chi connectivity index (χ4n) is 0.913. The van der Waals surface area contributed by atoms with Gasteiger partial charge in [-0.15, -0.1) is 0 Å². The highest BCUT2D eigenvalue weighted by atomic mass is 35.5. The van der Waals surface area contributed by atoms with E-state index in [1.165, 1.54) is 0 Å². The van der Waals surface area contributed by atoms with Gasteiger partial charge >= 0.3 is 5.43 Å². The second kappa shape index (κ2) is 7.54. The summed E-state index contributed by atoms with van der Waals surface area (Å²) in [7, 11) is 0. The van der Waals surface area contributed by atoms with Crippen LogP contribution in [0.25, 0.3) is 0 Å². The molecule has 1 amide bonds. The smallest absolute Gasteiger partial charge is 0.401 e. The maximum Gasteiger partial charge on any atom is 0.401 e. The van der Waals surface area contributed by atoms with E-state index in [9.17, 15) is 4.79 Å². The lowest BCUT2D eigenvalue weighted by Crippen LogP contribution is -2.42. The van der Waals surface area contributed by atoms with Gasteiger partial charge in [0.05, 0.1) is 13.2 Å². The summed E-state index contributed by atoms with van der Waals surface area (Å²) in [4.78, 5) is 21.2. The first-order chi connectivity index (χ1) is 6.57. The van der Waals surface area contributed by atoms with Crippen LogP contribution in [0.3, 0.4) is 0 Å². The molecule has 0 radical (unpaired) electrons. The van der Waals surface area contributed by atoms with Gasteiger partial charge in [-0.05, 0) is 0 Å². The number of aliphatic hydroxyl groups excluding tert-OH is 1. The van der Waals surface area contributed by atoms with E-state index >= 15 is 0 Å². The number of carbonyl (C=O) groups excluding carboxylic acids is 1. The third kappa shape index (κ3) is 6.64. The summed E-state index contributed by atoms with van der Waals surface area (Å²) in [6, 6.07) is 0. The zero-order valence-corrected chi connectivity index (χ0v) is 8.24. The number of hydrogen-bond donors (Lipinski definition) is 2. The Labute approximate surface area is 86.0 Å². The standard InChI is InChI=1S/C6H11NO3.CHClO2/c8-5-6(9)7-1-3-10-4-2-7;2-1(3)4/h8H,1-5H2;(H,3,4). The maximum absolute atomic E-state index is 10.8. The number of nitrogens with zero attached hydrogens (tertiary/aromatic N) is 1. The lowest BCUT2D eigenvalue weighted by atomic mass is 10.4. The number of morpholine rings is 1. The molecular weight excluding hydrogens is 214 g/mol. The molecule has 1 aliphatic heterocycles. The minimum atomic E-state index is -1.36. The van der Waals surface area contributed by atoms with Gasteiger partial charge in [-0.1, -0.05) is 0 Å². The highest BCUT2D eigenvalue weighted by molar-refractivity contribution is 6.60. The molecule has 0 bridgehead atoms. The van der Waals surface area contributed by atoms with Gasteiger partial charge < -0.3 is 19.8 Å². The van der Waals surface area contributed by atoms with E-state index in [0.29, 0.717) is 26.3 Å². The van der Waals surface area contributed by atoms with E-state index in [1.54, 1.807) is 4.90 Å². The lowest BCUT2D eigenvalue weighted by molar-refractivity contribution is -0.138. The molecule has 0 aromatic rings. The average Bonchev–Trinajstić information content (AvgIpc) is 2.17. The second-order valence-electron chi connectivity index (χ2n) is 2.40. The van der Waals surface area contributed by atoms with E-state index < -0.39 is 5.43 Å². The van der Waals surface area contributed by atoms with Crippen molar-refractivity contribution in [2.75, 3.05) is 32.9 Å². The Morgan fingerprint density at radius 1 is 1.36 bits per heavy atom. The molecule has 0 aromatic heterocycles. The highest BCUT2D eigenvalue weighted by Gasteiger charge is 2.14. The molecule has 14 heavy (non-hydrogen) atoms. The Kier molecular flexibility index (Phi) is 7.09. The van der Waals surface area contributed by atoms with Crippen molar-refractivity contribution >= 4 is 22.9 Å². The lowest BCUT2D eigenvalue weighted by Gasteiger charge is -2.25. The number of halogens is 1. The van der Waals surface area contributed by atoms with Gasteiger partial charge in [0, 0.05) is 24.7 Å². The van der Waals surface area contributed by atoms with Crippen molar-refractivity contribution in [1.29, 1.82) is 0 Å². The van der Waals surface area contributed by atoms with Crippen LogP contribution in [0.2, 0.25) is 0 Å². The summed E-state index contributed by atoms with van der Waals surface area (Å²) in [5.74, 6) is -0.205. The van der Waals surface area contributed by atoms with Crippen LogP contribution in [0.15, 0.2) is 0 Å². The van der Waals surface area contributed by atoms with Gasteiger partial charge in [-0.2, -0.15) is 0 Å². The molecule has 0 aliphatic carbocycles. The second-order valence-corrected chi connectivity index (χ2v) is 2.73. The molecule has 82 valence electrons. The third-order valence-corrected chi connectivity index (χ3v) is 1.50. The Balaban J connectivity index is 0.000000364. The average molecular weight is 226 g/mol. The highest BCUT2D eigenvalue weighted by Crippen LogP contribution is 1.95. The van der Waals surface area contributed by atoms with Crippen LogP contribution in [0.5, 0.6) is 0 Å². The van der Waals surface area contributed by atoms with Crippen molar-refractivity contribution in [3.8, 4) is 0 Å². The molecule has 1 heterocycles. The van der Waals surface area contributed by atoms with Gasteiger partial charge in [-0.3, -0.25) is 4.79 Å². The Morgan fingerprint density at radius 2 is 1.79 bits per heavy atom. The number of aliphatic hydroxyl groups is 1. The molecule has 1 fully saturated rings. The molecule has 0 aromatic carbocycles. The first-order valence-electron chi connectivity index (χ1n) is 3.92. The molecule has 0 spiro atoms. The topological polar surface area (TPSA) is 87.1 Å². The molecule has 0 unspecified atom stereocenters. The number of carbonyl (C=O) groups is 2. The van der Waals surface area contributed by atoms with Crippen LogP contribution in [0.4, 0.5) is 4.79 Å². The Hall–Kier alpha value is -0.850. The zero-order chi connectivity index (χ0) is 11.0. The van der Waals surface area contributed by atoms with Gasteiger partial charge in [-0.25, -0.2) is 4.79 Å². The van der Waals surface area contributed by atoms with Gasteiger partial charge in [0.25, 0.3) is 0 Å². The minimum Gasteiger partial charge on any atom is -0.469 e. The largest absolute Gasteiger partial charge is 0.469 e. The number of carboxylic acid groups (broad SMARTS) is 1. The summed E-state index contributed by atoms with van der Waals surface area (Å²) in [6.07, 6.45) is 0. The summed E-state index contributed by atoms with van der Waals surface area (Å²) in [5.41, 5.74) is -1.36. The first-order valence-corrected chi connectivity index (χ1v) is 4.30. The van der Waals surface area contributed by atoms with E-state index in [4.69, 9.17) is 19.7 Å². The summed E-state index contributed by atoms with van der Waals surface area (Å²) in [5, 5.41) is 15.6. The Bertz CT molecular complexity index is 189. The SMILES string of the molecule is O=C(CO)N1CCOCC1.O=C(O)Cl. The molecule has 7 heteroatoms. The molecule has 0 atom stereocenters. The van der Waals surface area contributed by atoms with Crippen LogP contribution in [0.1, 0.15) is 0 Å². The summed E-state index contributed by atoms with van der Waals surface area (Å²) in [6.45, 7) is 2.01. The predicted octanol–water partition coefficient (Wildman–Crippen LogP) is -0.259. The normalized spacial score (nSPS) is 15.4. The zero-order valence-electron chi connectivity index (χ0n) is 7.48. The van der Waals surface area contributed by atoms with Crippen molar-refractivity contribution in [2.45, 2.75) is 0 Å². The maximum atomic E-state index is 10.8. The molecule has 6 nitrogen and oxygen atoms in total. The number of amides is 1. The molecule has 1 aliphatic rings. The quantitative estimate of drug-likeness (QED) is 0.601. The van der Waals surface area contributed by atoms with Crippen LogP contribution in [-0.4, -0.2) is 59.4 Å². The molecule has 1 rings (SSSR count). The van der Waals surface area contributed by atoms with Crippen LogP contribution in [0, 0.1) is 0 Å². The monoisotopic (exact) mass is 225 g/mol. The van der Waals surface area contributed by atoms with E-state index in [0.717, 1.165) is 0 Å². The van der Waals surface area contributed by atoms with Gasteiger partial charge in [0.15, 0.2) is 0 Å². The number of rotatable bonds is 1. The van der Waals surface area contributed by atoms with E-state index in [-0.39, 0.29) is 12.5 Å².